The van der Waals surface area contributed by atoms with Crippen LogP contribution in [0, 0.1) is 0 Å². The molecule has 0 bridgehead atoms. The Morgan fingerprint density at radius 3 is 2.52 bits per heavy atom. The van der Waals surface area contributed by atoms with Gasteiger partial charge in [0.05, 0.1) is 0 Å². The molecule has 0 spiro atoms. The highest BCUT2D eigenvalue weighted by Gasteiger charge is 2.19. The molecule has 0 unspecified atom stereocenters. The number of benzene rings is 2. The van der Waals surface area contributed by atoms with E-state index >= 15 is 0 Å². The molecule has 2 amide bonds. The summed E-state index contributed by atoms with van der Waals surface area (Å²) in [6.07, 6.45) is 0. The second-order valence-electron chi connectivity index (χ2n) is 5.21. The van der Waals surface area contributed by atoms with Crippen molar-refractivity contribution in [2.24, 2.45) is 5.73 Å². The minimum absolute atomic E-state index is 0.0209. The summed E-state index contributed by atoms with van der Waals surface area (Å²) < 4.78 is 0. The van der Waals surface area contributed by atoms with E-state index in [0.29, 0.717) is 13.1 Å². The molecule has 2 aromatic rings. The van der Waals surface area contributed by atoms with Crippen LogP contribution in [0.5, 0.6) is 0 Å². The van der Waals surface area contributed by atoms with E-state index in [-0.39, 0.29) is 6.03 Å². The molecule has 4 nitrogen and oxygen atoms in total. The molecular formula is C17H19N3O. The van der Waals surface area contributed by atoms with Gasteiger partial charge in [-0.2, -0.15) is 0 Å². The van der Waals surface area contributed by atoms with Crippen LogP contribution in [0.25, 0.3) is 11.1 Å². The molecule has 4 heteroatoms. The van der Waals surface area contributed by atoms with Gasteiger partial charge in [0.2, 0.25) is 0 Å². The van der Waals surface area contributed by atoms with E-state index < -0.39 is 0 Å². The highest BCUT2D eigenvalue weighted by molar-refractivity contribution is 5.76. The van der Waals surface area contributed by atoms with Gasteiger partial charge in [-0.3, -0.25) is 0 Å². The Morgan fingerprint density at radius 2 is 1.86 bits per heavy atom. The van der Waals surface area contributed by atoms with E-state index in [4.69, 9.17) is 5.73 Å². The van der Waals surface area contributed by atoms with Crippen LogP contribution in [-0.4, -0.2) is 24.0 Å². The first kappa shape index (κ1) is 13.6. The second kappa shape index (κ2) is 5.97. The zero-order valence-corrected chi connectivity index (χ0v) is 11.9. The third-order valence-electron chi connectivity index (χ3n) is 3.82. The molecule has 3 rings (SSSR count). The topological polar surface area (TPSA) is 58.4 Å². The van der Waals surface area contributed by atoms with Gasteiger partial charge in [0.25, 0.3) is 0 Å². The average Bonchev–Trinajstić information content (AvgIpc) is 2.93. The summed E-state index contributed by atoms with van der Waals surface area (Å²) in [7, 11) is 0. The van der Waals surface area contributed by atoms with Crippen LogP contribution in [-0.2, 0) is 13.1 Å². The van der Waals surface area contributed by atoms with Crippen molar-refractivity contribution in [1.82, 2.24) is 10.2 Å². The third kappa shape index (κ3) is 2.90. The lowest BCUT2D eigenvalue weighted by molar-refractivity contribution is 0.215. The largest absolute Gasteiger partial charge is 0.336 e. The molecule has 0 saturated carbocycles. The molecule has 2 aromatic carbocycles. The first-order chi connectivity index (χ1) is 10.3. The smallest absolute Gasteiger partial charge is 0.317 e. The number of nitrogens with one attached hydrogen (secondary N) is 1. The fourth-order valence-electron chi connectivity index (χ4n) is 2.65. The van der Waals surface area contributed by atoms with Gasteiger partial charge in [-0.1, -0.05) is 48.5 Å². The van der Waals surface area contributed by atoms with Gasteiger partial charge in [-0.15, -0.1) is 0 Å². The number of carbonyl (C=O) groups is 1. The summed E-state index contributed by atoms with van der Waals surface area (Å²) >= 11 is 0. The maximum Gasteiger partial charge on any atom is 0.317 e. The molecule has 1 fully saturated rings. The van der Waals surface area contributed by atoms with Gasteiger partial charge >= 0.3 is 6.03 Å². The third-order valence-corrected chi connectivity index (χ3v) is 3.82. The Bertz CT molecular complexity index is 637. The molecule has 3 N–H and O–H groups in total. The molecule has 1 aliphatic heterocycles. The van der Waals surface area contributed by atoms with Crippen LogP contribution >= 0.6 is 0 Å². The summed E-state index contributed by atoms with van der Waals surface area (Å²) in [5, 5.41) is 2.82. The molecular weight excluding hydrogens is 262 g/mol. The summed E-state index contributed by atoms with van der Waals surface area (Å²) in [5.74, 6) is 0. The number of hydrogen-bond acceptors (Lipinski definition) is 2. The number of nitrogens with two attached hydrogens (primary N) is 1. The first-order valence-electron chi connectivity index (χ1n) is 7.18. The van der Waals surface area contributed by atoms with Crippen molar-refractivity contribution in [2.45, 2.75) is 13.1 Å². The van der Waals surface area contributed by atoms with Crippen LogP contribution in [0.3, 0.4) is 0 Å². The fraction of sp³-hybridized carbons (Fsp3) is 0.235. The van der Waals surface area contributed by atoms with Gasteiger partial charge < -0.3 is 16.0 Å². The Labute approximate surface area is 124 Å². The summed E-state index contributed by atoms with van der Waals surface area (Å²) in [6.45, 7) is 2.70. The number of hydrogen-bond donors (Lipinski definition) is 2. The predicted octanol–water partition coefficient (Wildman–Crippen LogP) is 2.34. The maximum atomic E-state index is 11.6. The van der Waals surface area contributed by atoms with Crippen molar-refractivity contribution in [3.63, 3.8) is 0 Å². The lowest BCUT2D eigenvalue weighted by atomic mass is 9.99. The lowest BCUT2D eigenvalue weighted by Crippen LogP contribution is -2.27. The number of urea groups is 1. The van der Waals surface area contributed by atoms with Gasteiger partial charge in [0.15, 0.2) is 0 Å². The van der Waals surface area contributed by atoms with E-state index in [2.05, 4.69) is 41.7 Å². The van der Waals surface area contributed by atoms with Crippen molar-refractivity contribution in [1.29, 1.82) is 0 Å². The normalized spacial score (nSPS) is 14.3. The molecule has 0 aromatic heterocycles. The Morgan fingerprint density at radius 1 is 1.10 bits per heavy atom. The minimum atomic E-state index is 0.0209. The molecule has 1 heterocycles. The summed E-state index contributed by atoms with van der Waals surface area (Å²) in [4.78, 5) is 13.4. The molecule has 1 saturated heterocycles. The standard InChI is InChI=1S/C17H19N3O/c18-11-15-3-1-2-4-16(15)14-7-5-13(6-8-14)12-20-10-9-19-17(20)21/h1-8H,9-12,18H2,(H,19,21). The van der Waals surface area contributed by atoms with E-state index in [0.717, 1.165) is 29.8 Å². The monoisotopic (exact) mass is 281 g/mol. The van der Waals surface area contributed by atoms with E-state index in [9.17, 15) is 4.79 Å². The minimum Gasteiger partial charge on any atom is -0.336 e. The zero-order chi connectivity index (χ0) is 14.7. The van der Waals surface area contributed by atoms with Crippen LogP contribution in [0.15, 0.2) is 48.5 Å². The van der Waals surface area contributed by atoms with Crippen molar-refractivity contribution < 1.29 is 4.79 Å². The SMILES string of the molecule is NCc1ccccc1-c1ccc(CN2CCNC2=O)cc1. The van der Waals surface area contributed by atoms with E-state index in [1.165, 1.54) is 5.56 Å². The molecule has 21 heavy (non-hydrogen) atoms. The van der Waals surface area contributed by atoms with Crippen LogP contribution in [0.1, 0.15) is 11.1 Å². The highest BCUT2D eigenvalue weighted by Crippen LogP contribution is 2.24. The molecule has 0 radical (unpaired) electrons. The number of carbonyl (C=O) groups excluding carboxylic acids is 1. The second-order valence-corrected chi connectivity index (χ2v) is 5.21. The van der Waals surface area contributed by atoms with Crippen molar-refractivity contribution >= 4 is 6.03 Å². The van der Waals surface area contributed by atoms with E-state index in [1.54, 1.807) is 0 Å². The molecule has 0 atom stereocenters. The molecule has 1 aliphatic rings. The zero-order valence-electron chi connectivity index (χ0n) is 11.9. The highest BCUT2D eigenvalue weighted by atomic mass is 16.2. The predicted molar refractivity (Wildman–Crippen MR) is 83.6 cm³/mol. The Kier molecular flexibility index (Phi) is 3.88. The number of nitrogens with zero attached hydrogens (tertiary/aromatic N) is 1. The quantitative estimate of drug-likeness (QED) is 0.903. The molecule has 0 aliphatic carbocycles. The average molecular weight is 281 g/mol. The van der Waals surface area contributed by atoms with Crippen molar-refractivity contribution in [3.8, 4) is 11.1 Å². The van der Waals surface area contributed by atoms with Crippen LogP contribution in [0.2, 0.25) is 0 Å². The fourth-order valence-corrected chi connectivity index (χ4v) is 2.65. The van der Waals surface area contributed by atoms with E-state index in [1.807, 2.05) is 17.0 Å². The van der Waals surface area contributed by atoms with Crippen LogP contribution < -0.4 is 11.1 Å². The van der Waals surface area contributed by atoms with Gasteiger partial charge in [0.1, 0.15) is 0 Å². The summed E-state index contributed by atoms with van der Waals surface area (Å²) in [5.41, 5.74) is 10.4. The van der Waals surface area contributed by atoms with Crippen molar-refractivity contribution in [2.75, 3.05) is 13.1 Å². The van der Waals surface area contributed by atoms with Gasteiger partial charge in [-0.25, -0.2) is 4.79 Å². The lowest BCUT2D eigenvalue weighted by Gasteiger charge is -2.14. The Hall–Kier alpha value is -2.33. The Balaban J connectivity index is 1.79. The van der Waals surface area contributed by atoms with Crippen LogP contribution in [0.4, 0.5) is 4.79 Å². The van der Waals surface area contributed by atoms with Crippen molar-refractivity contribution in [3.05, 3.63) is 59.7 Å². The first-order valence-corrected chi connectivity index (χ1v) is 7.18. The van der Waals surface area contributed by atoms with Gasteiger partial charge in [-0.05, 0) is 22.3 Å². The summed E-state index contributed by atoms with van der Waals surface area (Å²) in [6, 6.07) is 16.5. The van der Waals surface area contributed by atoms with Gasteiger partial charge in [0, 0.05) is 26.2 Å². The number of rotatable bonds is 4. The maximum absolute atomic E-state index is 11.6. The molecule has 108 valence electrons. The number of amides is 2.